The number of Topliss-reactive ketones (excluding diaryl/α,β-unsaturated/α-hetero) is 1. The minimum Gasteiger partial charge on any atom is -0.374 e. The molecule has 1 fully saturated rings. The molecule has 0 N–H and O–H groups in total. The minimum atomic E-state index is -0.610. The van der Waals surface area contributed by atoms with Crippen molar-refractivity contribution >= 4 is 5.78 Å². The van der Waals surface area contributed by atoms with Crippen molar-refractivity contribution in [3.63, 3.8) is 0 Å². The third-order valence-corrected chi connectivity index (χ3v) is 3.35. The maximum absolute atomic E-state index is 12.2. The summed E-state index contributed by atoms with van der Waals surface area (Å²) in [6, 6.07) is 4.13. The van der Waals surface area contributed by atoms with Crippen molar-refractivity contribution in [2.24, 2.45) is 5.41 Å². The fourth-order valence-electron chi connectivity index (χ4n) is 2.18. The number of carbonyl (C=O) groups is 1. The molecule has 1 aliphatic heterocycles. The smallest absolute Gasteiger partial charge is 0.144 e. The molecule has 0 aliphatic carbocycles. The highest BCUT2D eigenvalue weighted by atomic mass is 16.5. The number of carbonyl (C=O) groups excluding carboxylic acids is 1. The van der Waals surface area contributed by atoms with E-state index in [9.17, 15) is 4.79 Å². The molecule has 0 aromatic carbocycles. The SMILES string of the molecule is CC1(C)CC(=O)C(CCC#N)(CCC#N)CO1. The summed E-state index contributed by atoms with van der Waals surface area (Å²) in [6.45, 7) is 4.12. The first kappa shape index (κ1) is 13.7. The van der Waals surface area contributed by atoms with Crippen LogP contribution in [0.15, 0.2) is 0 Å². The van der Waals surface area contributed by atoms with E-state index >= 15 is 0 Å². The topological polar surface area (TPSA) is 73.9 Å². The molecule has 0 spiro atoms. The monoisotopic (exact) mass is 234 g/mol. The Morgan fingerprint density at radius 1 is 1.24 bits per heavy atom. The second kappa shape index (κ2) is 5.29. The van der Waals surface area contributed by atoms with E-state index in [1.807, 2.05) is 13.8 Å². The molecule has 0 radical (unpaired) electrons. The highest BCUT2D eigenvalue weighted by Crippen LogP contribution is 2.40. The van der Waals surface area contributed by atoms with Crippen molar-refractivity contribution in [3.05, 3.63) is 0 Å². The van der Waals surface area contributed by atoms with Gasteiger partial charge in [-0.3, -0.25) is 4.79 Å². The van der Waals surface area contributed by atoms with Gasteiger partial charge in [-0.25, -0.2) is 0 Å². The molecule has 0 bridgehead atoms. The summed E-state index contributed by atoms with van der Waals surface area (Å²) in [7, 11) is 0. The number of ether oxygens (including phenoxy) is 1. The summed E-state index contributed by atoms with van der Waals surface area (Å²) >= 11 is 0. The van der Waals surface area contributed by atoms with E-state index in [-0.39, 0.29) is 5.78 Å². The van der Waals surface area contributed by atoms with Crippen LogP contribution in [0, 0.1) is 28.1 Å². The lowest BCUT2D eigenvalue weighted by atomic mass is 9.71. The standard InChI is InChI=1S/C13H18N2O2/c1-12(2)9-11(16)13(10-17-12,5-3-7-14)6-4-8-15/h3-6,9-10H2,1-2H3. The third kappa shape index (κ3) is 3.28. The maximum Gasteiger partial charge on any atom is 0.144 e. The highest BCUT2D eigenvalue weighted by Gasteiger charge is 2.45. The van der Waals surface area contributed by atoms with Gasteiger partial charge in [0.25, 0.3) is 0 Å². The fourth-order valence-corrected chi connectivity index (χ4v) is 2.18. The summed E-state index contributed by atoms with van der Waals surface area (Å²) in [5, 5.41) is 17.3. The van der Waals surface area contributed by atoms with Gasteiger partial charge in [0.2, 0.25) is 0 Å². The molecule has 1 rings (SSSR count). The Kier molecular flexibility index (Phi) is 4.26. The molecule has 1 heterocycles. The molecule has 4 nitrogen and oxygen atoms in total. The molecule has 0 unspecified atom stereocenters. The van der Waals surface area contributed by atoms with E-state index < -0.39 is 11.0 Å². The molecule has 17 heavy (non-hydrogen) atoms. The zero-order valence-corrected chi connectivity index (χ0v) is 10.5. The van der Waals surface area contributed by atoms with Gasteiger partial charge in [0.05, 0.1) is 29.8 Å². The molecule has 1 saturated heterocycles. The van der Waals surface area contributed by atoms with Crippen LogP contribution in [0.25, 0.3) is 0 Å². The van der Waals surface area contributed by atoms with E-state index in [1.54, 1.807) is 0 Å². The average Bonchev–Trinajstić information content (AvgIpc) is 2.27. The molecule has 0 saturated carbocycles. The summed E-state index contributed by atoms with van der Waals surface area (Å²) in [5.41, 5.74) is -1.03. The minimum absolute atomic E-state index is 0.138. The fraction of sp³-hybridized carbons (Fsp3) is 0.769. The van der Waals surface area contributed by atoms with Crippen LogP contribution in [-0.2, 0) is 9.53 Å². The van der Waals surface area contributed by atoms with Gasteiger partial charge in [-0.15, -0.1) is 0 Å². The van der Waals surface area contributed by atoms with Gasteiger partial charge in [-0.1, -0.05) is 0 Å². The van der Waals surface area contributed by atoms with Gasteiger partial charge in [-0.2, -0.15) is 10.5 Å². The molecular weight excluding hydrogens is 216 g/mol. The Labute approximate surface area is 102 Å². The van der Waals surface area contributed by atoms with Crippen molar-refractivity contribution in [3.8, 4) is 12.1 Å². The number of hydrogen-bond donors (Lipinski definition) is 0. The number of ketones is 1. The lowest BCUT2D eigenvalue weighted by Crippen LogP contribution is -2.48. The molecule has 0 amide bonds. The predicted molar refractivity (Wildman–Crippen MR) is 61.8 cm³/mol. The zero-order valence-electron chi connectivity index (χ0n) is 10.5. The van der Waals surface area contributed by atoms with Gasteiger partial charge >= 0.3 is 0 Å². The maximum atomic E-state index is 12.2. The van der Waals surface area contributed by atoms with Crippen LogP contribution in [0.1, 0.15) is 46.0 Å². The first-order chi connectivity index (χ1) is 7.96. The van der Waals surface area contributed by atoms with Crippen LogP contribution in [0.3, 0.4) is 0 Å². The highest BCUT2D eigenvalue weighted by molar-refractivity contribution is 5.86. The number of rotatable bonds is 4. The van der Waals surface area contributed by atoms with E-state index in [2.05, 4.69) is 12.1 Å². The molecule has 92 valence electrons. The Hall–Kier alpha value is -1.39. The third-order valence-electron chi connectivity index (χ3n) is 3.35. The van der Waals surface area contributed by atoms with Crippen molar-refractivity contribution in [2.75, 3.05) is 6.61 Å². The molecule has 0 aromatic rings. The second-order valence-electron chi connectivity index (χ2n) is 5.24. The Morgan fingerprint density at radius 3 is 2.18 bits per heavy atom. The van der Waals surface area contributed by atoms with E-state index in [4.69, 9.17) is 15.3 Å². The average molecular weight is 234 g/mol. The Bertz CT molecular complexity index is 356. The first-order valence-electron chi connectivity index (χ1n) is 5.87. The largest absolute Gasteiger partial charge is 0.374 e. The second-order valence-corrected chi connectivity index (χ2v) is 5.24. The van der Waals surface area contributed by atoms with Crippen LogP contribution in [0.4, 0.5) is 0 Å². The predicted octanol–water partition coefficient (Wildman–Crippen LogP) is 2.35. The van der Waals surface area contributed by atoms with Crippen molar-refractivity contribution in [1.82, 2.24) is 0 Å². The molecule has 1 aliphatic rings. The van der Waals surface area contributed by atoms with Crippen molar-refractivity contribution < 1.29 is 9.53 Å². The molecule has 0 atom stereocenters. The number of nitriles is 2. The first-order valence-corrected chi connectivity index (χ1v) is 5.87. The van der Waals surface area contributed by atoms with E-state index in [0.29, 0.717) is 38.7 Å². The van der Waals surface area contributed by atoms with Crippen LogP contribution < -0.4 is 0 Å². The number of nitrogens with zero attached hydrogens (tertiary/aromatic N) is 2. The normalized spacial score (nSPS) is 21.5. The van der Waals surface area contributed by atoms with E-state index in [1.165, 1.54) is 0 Å². The van der Waals surface area contributed by atoms with Crippen LogP contribution in [-0.4, -0.2) is 18.0 Å². The van der Waals surface area contributed by atoms with Crippen molar-refractivity contribution in [2.45, 2.75) is 51.6 Å². The summed E-state index contributed by atoms with van der Waals surface area (Å²) in [5.74, 6) is 0.138. The molecule has 0 aromatic heterocycles. The van der Waals surface area contributed by atoms with Crippen LogP contribution in [0.5, 0.6) is 0 Å². The van der Waals surface area contributed by atoms with Gasteiger partial charge in [0.1, 0.15) is 5.78 Å². The Morgan fingerprint density at radius 2 is 1.76 bits per heavy atom. The van der Waals surface area contributed by atoms with E-state index in [0.717, 1.165) is 0 Å². The summed E-state index contributed by atoms with van der Waals surface area (Å²) in [4.78, 5) is 12.2. The van der Waals surface area contributed by atoms with Gasteiger partial charge in [-0.05, 0) is 26.7 Å². The summed E-state index contributed by atoms with van der Waals surface area (Å²) < 4.78 is 5.71. The van der Waals surface area contributed by atoms with Crippen molar-refractivity contribution in [1.29, 1.82) is 10.5 Å². The van der Waals surface area contributed by atoms with Gasteiger partial charge in [0.15, 0.2) is 0 Å². The number of hydrogen-bond acceptors (Lipinski definition) is 4. The quantitative estimate of drug-likeness (QED) is 0.748. The lowest BCUT2D eigenvalue weighted by molar-refractivity contribution is -0.160. The summed E-state index contributed by atoms with van der Waals surface area (Å²) in [6.07, 6.45) is 2.03. The van der Waals surface area contributed by atoms with Gasteiger partial charge < -0.3 is 4.74 Å². The Balaban J connectivity index is 2.81. The molecular formula is C13H18N2O2. The van der Waals surface area contributed by atoms with Crippen LogP contribution in [0.2, 0.25) is 0 Å². The van der Waals surface area contributed by atoms with Gasteiger partial charge in [0, 0.05) is 19.3 Å². The van der Waals surface area contributed by atoms with Crippen LogP contribution >= 0.6 is 0 Å². The lowest BCUT2D eigenvalue weighted by Gasteiger charge is -2.41. The molecule has 4 heteroatoms. The zero-order chi connectivity index (χ0) is 12.9.